The summed E-state index contributed by atoms with van der Waals surface area (Å²) in [4.78, 5) is 0. The van der Waals surface area contributed by atoms with Gasteiger partial charge in [-0.3, -0.25) is 0 Å². The minimum absolute atomic E-state index is 0.544. The maximum absolute atomic E-state index is 5.95. The van der Waals surface area contributed by atoms with E-state index in [4.69, 9.17) is 9.47 Å². The summed E-state index contributed by atoms with van der Waals surface area (Å²) in [5.74, 6) is 1.56. The zero-order valence-electron chi connectivity index (χ0n) is 13.7. The van der Waals surface area contributed by atoms with Crippen molar-refractivity contribution in [1.82, 2.24) is 5.32 Å². The molecule has 0 atom stereocenters. The highest BCUT2D eigenvalue weighted by molar-refractivity contribution is 5.43. The van der Waals surface area contributed by atoms with E-state index in [1.54, 1.807) is 7.11 Å². The summed E-state index contributed by atoms with van der Waals surface area (Å²) >= 11 is 0. The van der Waals surface area contributed by atoms with Crippen molar-refractivity contribution in [2.45, 2.75) is 33.4 Å². The van der Waals surface area contributed by atoms with Gasteiger partial charge in [0.1, 0.15) is 6.61 Å². The number of rotatable bonds is 8. The van der Waals surface area contributed by atoms with E-state index in [0.29, 0.717) is 6.61 Å². The van der Waals surface area contributed by atoms with Crippen LogP contribution in [0.3, 0.4) is 0 Å². The van der Waals surface area contributed by atoms with Gasteiger partial charge in [0.05, 0.1) is 7.11 Å². The first-order valence-corrected chi connectivity index (χ1v) is 7.79. The van der Waals surface area contributed by atoms with Gasteiger partial charge in [-0.1, -0.05) is 42.8 Å². The van der Waals surface area contributed by atoms with E-state index in [9.17, 15) is 0 Å². The molecule has 0 unspecified atom stereocenters. The number of benzene rings is 2. The lowest BCUT2D eigenvalue weighted by molar-refractivity contribution is 0.284. The second kappa shape index (κ2) is 8.44. The van der Waals surface area contributed by atoms with Crippen LogP contribution in [0.1, 0.15) is 30.0 Å². The molecule has 0 aliphatic heterocycles. The molecular formula is C19H25NO2. The first-order valence-electron chi connectivity index (χ1n) is 7.79. The summed E-state index contributed by atoms with van der Waals surface area (Å²) in [6.45, 7) is 6.66. The van der Waals surface area contributed by atoms with E-state index in [2.05, 4.69) is 55.6 Å². The minimum Gasteiger partial charge on any atom is -0.493 e. The SMILES string of the molecule is CCCNCc1ccc(OC)c(OCc2ccc(C)cc2)c1. The maximum atomic E-state index is 5.95. The first kappa shape index (κ1) is 16.4. The lowest BCUT2D eigenvalue weighted by Crippen LogP contribution is -2.13. The molecule has 0 bridgehead atoms. The van der Waals surface area contributed by atoms with Crippen LogP contribution in [0.4, 0.5) is 0 Å². The fourth-order valence-electron chi connectivity index (χ4n) is 2.20. The first-order chi connectivity index (χ1) is 10.7. The minimum atomic E-state index is 0.544. The molecule has 0 aliphatic rings. The quantitative estimate of drug-likeness (QED) is 0.745. The van der Waals surface area contributed by atoms with Crippen LogP contribution >= 0.6 is 0 Å². The molecule has 22 heavy (non-hydrogen) atoms. The molecule has 1 N–H and O–H groups in total. The van der Waals surface area contributed by atoms with Gasteiger partial charge in [0.25, 0.3) is 0 Å². The number of aryl methyl sites for hydroxylation is 1. The van der Waals surface area contributed by atoms with Gasteiger partial charge in [0, 0.05) is 6.54 Å². The molecule has 118 valence electrons. The van der Waals surface area contributed by atoms with Crippen LogP contribution in [0.2, 0.25) is 0 Å². The molecular weight excluding hydrogens is 274 g/mol. The van der Waals surface area contributed by atoms with Crippen LogP contribution in [0.25, 0.3) is 0 Å². The van der Waals surface area contributed by atoms with Crippen molar-refractivity contribution in [2.24, 2.45) is 0 Å². The molecule has 2 aromatic rings. The number of hydrogen-bond donors (Lipinski definition) is 1. The fourth-order valence-corrected chi connectivity index (χ4v) is 2.20. The zero-order valence-corrected chi connectivity index (χ0v) is 13.7. The molecule has 0 amide bonds. The highest BCUT2D eigenvalue weighted by Gasteiger charge is 2.06. The normalized spacial score (nSPS) is 10.5. The predicted molar refractivity (Wildman–Crippen MR) is 90.5 cm³/mol. The van der Waals surface area contributed by atoms with E-state index < -0.39 is 0 Å². The Bertz CT molecular complexity index is 578. The summed E-state index contributed by atoms with van der Waals surface area (Å²) in [5.41, 5.74) is 3.61. The third-order valence-corrected chi connectivity index (χ3v) is 3.50. The Morgan fingerprint density at radius 3 is 2.36 bits per heavy atom. The smallest absolute Gasteiger partial charge is 0.161 e. The molecule has 3 heteroatoms. The molecule has 0 aliphatic carbocycles. The highest BCUT2D eigenvalue weighted by atomic mass is 16.5. The summed E-state index contributed by atoms with van der Waals surface area (Å²) < 4.78 is 11.3. The Labute approximate surface area is 133 Å². The Morgan fingerprint density at radius 2 is 1.68 bits per heavy atom. The van der Waals surface area contributed by atoms with Gasteiger partial charge >= 0.3 is 0 Å². The van der Waals surface area contributed by atoms with Gasteiger partial charge in [0.2, 0.25) is 0 Å². The Morgan fingerprint density at radius 1 is 0.955 bits per heavy atom. The lowest BCUT2D eigenvalue weighted by Gasteiger charge is -2.13. The summed E-state index contributed by atoms with van der Waals surface area (Å²) in [7, 11) is 1.67. The number of hydrogen-bond acceptors (Lipinski definition) is 3. The van der Waals surface area contributed by atoms with Crippen LogP contribution in [0, 0.1) is 6.92 Å². The molecule has 2 aromatic carbocycles. The summed E-state index contributed by atoms with van der Waals surface area (Å²) in [6.07, 6.45) is 1.13. The molecule has 2 rings (SSSR count). The van der Waals surface area contributed by atoms with Crippen molar-refractivity contribution in [2.75, 3.05) is 13.7 Å². The summed E-state index contributed by atoms with van der Waals surface area (Å²) in [6, 6.07) is 14.5. The van der Waals surface area contributed by atoms with E-state index in [0.717, 1.165) is 36.6 Å². The molecule has 0 radical (unpaired) electrons. The second-order valence-electron chi connectivity index (χ2n) is 5.44. The second-order valence-corrected chi connectivity index (χ2v) is 5.44. The molecule has 0 saturated carbocycles. The van der Waals surface area contributed by atoms with Gasteiger partial charge in [-0.2, -0.15) is 0 Å². The van der Waals surface area contributed by atoms with Crippen LogP contribution in [0.5, 0.6) is 11.5 Å². The van der Waals surface area contributed by atoms with E-state index in [1.807, 2.05) is 6.07 Å². The highest BCUT2D eigenvalue weighted by Crippen LogP contribution is 2.28. The van der Waals surface area contributed by atoms with Crippen molar-refractivity contribution in [3.8, 4) is 11.5 Å². The fraction of sp³-hybridized carbons (Fsp3) is 0.368. The van der Waals surface area contributed by atoms with Crippen molar-refractivity contribution in [3.05, 3.63) is 59.2 Å². The summed E-state index contributed by atoms with van der Waals surface area (Å²) in [5, 5.41) is 3.40. The van der Waals surface area contributed by atoms with Gasteiger partial charge < -0.3 is 14.8 Å². The van der Waals surface area contributed by atoms with Gasteiger partial charge in [-0.05, 0) is 43.1 Å². The van der Waals surface area contributed by atoms with Gasteiger partial charge in [-0.25, -0.2) is 0 Å². The van der Waals surface area contributed by atoms with Crippen LogP contribution < -0.4 is 14.8 Å². The monoisotopic (exact) mass is 299 g/mol. The van der Waals surface area contributed by atoms with Crippen molar-refractivity contribution in [3.63, 3.8) is 0 Å². The standard InChI is InChI=1S/C19H25NO2/c1-4-11-20-13-17-9-10-18(21-3)19(12-17)22-14-16-7-5-15(2)6-8-16/h5-10,12,20H,4,11,13-14H2,1-3H3. The Balaban J connectivity index is 2.03. The number of nitrogens with one attached hydrogen (secondary N) is 1. The van der Waals surface area contributed by atoms with Crippen LogP contribution in [0.15, 0.2) is 42.5 Å². The lowest BCUT2D eigenvalue weighted by atomic mass is 10.1. The van der Waals surface area contributed by atoms with Crippen LogP contribution in [-0.2, 0) is 13.2 Å². The average molecular weight is 299 g/mol. The van der Waals surface area contributed by atoms with E-state index >= 15 is 0 Å². The molecule has 0 heterocycles. The third-order valence-electron chi connectivity index (χ3n) is 3.50. The molecule has 0 aromatic heterocycles. The Kier molecular flexibility index (Phi) is 6.28. The van der Waals surface area contributed by atoms with E-state index in [1.165, 1.54) is 11.1 Å². The van der Waals surface area contributed by atoms with Crippen molar-refractivity contribution < 1.29 is 9.47 Å². The number of methoxy groups -OCH3 is 1. The van der Waals surface area contributed by atoms with Gasteiger partial charge in [-0.15, -0.1) is 0 Å². The zero-order chi connectivity index (χ0) is 15.8. The van der Waals surface area contributed by atoms with E-state index in [-0.39, 0.29) is 0 Å². The van der Waals surface area contributed by atoms with Gasteiger partial charge in [0.15, 0.2) is 11.5 Å². The molecule has 0 fully saturated rings. The van der Waals surface area contributed by atoms with Crippen molar-refractivity contribution >= 4 is 0 Å². The molecule has 3 nitrogen and oxygen atoms in total. The van der Waals surface area contributed by atoms with Crippen LogP contribution in [-0.4, -0.2) is 13.7 Å². The average Bonchev–Trinajstić information content (AvgIpc) is 2.55. The number of ether oxygens (including phenoxy) is 2. The molecule has 0 spiro atoms. The Hall–Kier alpha value is -2.00. The largest absolute Gasteiger partial charge is 0.493 e. The molecule has 0 saturated heterocycles. The van der Waals surface area contributed by atoms with Crippen molar-refractivity contribution in [1.29, 1.82) is 0 Å². The third kappa shape index (κ3) is 4.78. The topological polar surface area (TPSA) is 30.5 Å². The predicted octanol–water partition coefficient (Wildman–Crippen LogP) is 4.08. The maximum Gasteiger partial charge on any atom is 0.161 e.